The van der Waals surface area contributed by atoms with Gasteiger partial charge in [-0.25, -0.2) is 0 Å². The number of hydrogen-bond donors (Lipinski definition) is 0. The van der Waals surface area contributed by atoms with E-state index < -0.39 is 28.9 Å². The summed E-state index contributed by atoms with van der Waals surface area (Å²) in [5.41, 5.74) is 0.904. The van der Waals surface area contributed by atoms with Crippen LogP contribution < -0.4 is 4.90 Å². The van der Waals surface area contributed by atoms with Crippen LogP contribution in [0.1, 0.15) is 44.2 Å². The third kappa shape index (κ3) is 2.02. The lowest BCUT2D eigenvalue weighted by Crippen LogP contribution is -2.61. The predicted molar refractivity (Wildman–Crippen MR) is 104 cm³/mol. The van der Waals surface area contributed by atoms with Crippen molar-refractivity contribution in [1.82, 2.24) is 5.06 Å². The summed E-state index contributed by atoms with van der Waals surface area (Å²) in [6.07, 6.45) is -0.0341. The van der Waals surface area contributed by atoms with E-state index in [1.54, 1.807) is 24.1 Å². The fourth-order valence-corrected chi connectivity index (χ4v) is 6.43. The van der Waals surface area contributed by atoms with Gasteiger partial charge in [-0.05, 0) is 29.0 Å². The SMILES string of the molecule is CC(=O)OC1C[C@H]2C(=O)[C@]3(c4cccc5c4C(C(=O)N5C)C2(C)C)[C@H]1CON3C. The molecule has 29 heavy (non-hydrogen) atoms. The maximum atomic E-state index is 14.1. The molecule has 154 valence electrons. The van der Waals surface area contributed by atoms with Gasteiger partial charge in [0.15, 0.2) is 5.78 Å². The van der Waals surface area contributed by atoms with Crippen LogP contribution in [0.3, 0.4) is 0 Å². The van der Waals surface area contributed by atoms with E-state index in [-0.39, 0.29) is 23.6 Å². The highest BCUT2D eigenvalue weighted by atomic mass is 16.7. The maximum absolute atomic E-state index is 14.1. The van der Waals surface area contributed by atoms with Crippen LogP contribution >= 0.6 is 0 Å². The zero-order valence-corrected chi connectivity index (χ0v) is 17.4. The van der Waals surface area contributed by atoms with E-state index in [0.29, 0.717) is 13.0 Å². The molecule has 0 aromatic heterocycles. The van der Waals surface area contributed by atoms with Crippen molar-refractivity contribution in [2.45, 2.75) is 44.8 Å². The van der Waals surface area contributed by atoms with Crippen LogP contribution in [0.5, 0.6) is 0 Å². The van der Waals surface area contributed by atoms with Crippen molar-refractivity contribution in [1.29, 1.82) is 0 Å². The first-order valence-electron chi connectivity index (χ1n) is 10.1. The minimum Gasteiger partial charge on any atom is -0.462 e. The number of anilines is 1. The zero-order valence-electron chi connectivity index (χ0n) is 17.4. The van der Waals surface area contributed by atoms with Gasteiger partial charge in [0.05, 0.1) is 18.4 Å². The van der Waals surface area contributed by atoms with E-state index in [1.807, 2.05) is 32.0 Å². The molecule has 1 amide bonds. The van der Waals surface area contributed by atoms with E-state index in [1.165, 1.54) is 6.92 Å². The Morgan fingerprint density at radius 1 is 1.24 bits per heavy atom. The molecule has 4 aliphatic rings. The molecule has 7 nitrogen and oxygen atoms in total. The number of amides is 1. The molecule has 2 fully saturated rings. The van der Waals surface area contributed by atoms with Gasteiger partial charge in [0, 0.05) is 32.6 Å². The van der Waals surface area contributed by atoms with Gasteiger partial charge in [0.2, 0.25) is 5.91 Å². The number of hydroxylamine groups is 2. The molecule has 2 aliphatic carbocycles. The number of rotatable bonds is 1. The van der Waals surface area contributed by atoms with Gasteiger partial charge >= 0.3 is 5.97 Å². The summed E-state index contributed by atoms with van der Waals surface area (Å²) >= 11 is 0. The van der Waals surface area contributed by atoms with E-state index in [4.69, 9.17) is 9.57 Å². The minimum atomic E-state index is -1.06. The number of ether oxygens (including phenoxy) is 1. The first-order valence-corrected chi connectivity index (χ1v) is 10.1. The van der Waals surface area contributed by atoms with Gasteiger partial charge in [-0.2, -0.15) is 5.06 Å². The van der Waals surface area contributed by atoms with Gasteiger partial charge in [-0.1, -0.05) is 26.0 Å². The van der Waals surface area contributed by atoms with Crippen LogP contribution in [-0.2, 0) is 29.5 Å². The summed E-state index contributed by atoms with van der Waals surface area (Å²) in [7, 11) is 3.57. The fourth-order valence-electron chi connectivity index (χ4n) is 6.43. The highest BCUT2D eigenvalue weighted by molar-refractivity contribution is 6.08. The maximum Gasteiger partial charge on any atom is 0.302 e. The molecule has 1 aromatic carbocycles. The van der Waals surface area contributed by atoms with Crippen LogP contribution in [0.2, 0.25) is 0 Å². The van der Waals surface area contributed by atoms with Crippen molar-refractivity contribution in [3.05, 3.63) is 29.3 Å². The molecule has 5 rings (SSSR count). The Bertz CT molecular complexity index is 957. The highest BCUT2D eigenvalue weighted by Gasteiger charge is 2.70. The van der Waals surface area contributed by atoms with Crippen molar-refractivity contribution in [2.75, 3.05) is 25.6 Å². The lowest BCUT2D eigenvalue weighted by atomic mass is 9.58. The Labute approximate surface area is 169 Å². The summed E-state index contributed by atoms with van der Waals surface area (Å²) in [6.45, 7) is 5.69. The number of hydrogen-bond acceptors (Lipinski definition) is 6. The van der Waals surface area contributed by atoms with Crippen molar-refractivity contribution in [2.24, 2.45) is 17.3 Å². The number of carbonyl (C=O) groups excluding carboxylic acids is 3. The number of ketones is 1. The Morgan fingerprint density at radius 3 is 2.66 bits per heavy atom. The molecule has 0 radical (unpaired) electrons. The average molecular weight is 398 g/mol. The predicted octanol–water partition coefficient (Wildman–Crippen LogP) is 2.00. The van der Waals surface area contributed by atoms with E-state index in [0.717, 1.165) is 16.8 Å². The summed E-state index contributed by atoms with van der Waals surface area (Å²) in [4.78, 5) is 47.0. The van der Waals surface area contributed by atoms with Gasteiger partial charge in [0.25, 0.3) is 0 Å². The molecule has 2 unspecified atom stereocenters. The Kier molecular flexibility index (Phi) is 3.67. The first kappa shape index (κ1) is 18.8. The standard InChI is InChI=1S/C22H26N2O5/c1-11(25)29-16-9-13-19(26)22(14(16)10-28-24(22)5)12-7-6-8-15-17(12)18(21(13,2)3)20(27)23(15)4/h6-8,13-14,16,18H,9-10H2,1-5H3/t13-,14-,16?,18?,22-/m0/s1. The van der Waals surface area contributed by atoms with Crippen LogP contribution in [0.25, 0.3) is 0 Å². The molecule has 1 spiro atoms. The quantitative estimate of drug-likeness (QED) is 0.674. The van der Waals surface area contributed by atoms with Crippen molar-refractivity contribution >= 4 is 23.3 Å². The van der Waals surface area contributed by atoms with Crippen molar-refractivity contribution in [3.63, 3.8) is 0 Å². The Morgan fingerprint density at radius 2 is 1.97 bits per heavy atom. The summed E-state index contributed by atoms with van der Waals surface area (Å²) in [5, 5.41) is 1.65. The number of likely N-dealkylation sites (N-methyl/N-ethyl adjacent to an activating group) is 2. The third-order valence-corrected chi connectivity index (χ3v) is 7.77. The average Bonchev–Trinajstić information content (AvgIpc) is 3.12. The second-order valence-electron chi connectivity index (χ2n) is 9.36. The molecule has 0 N–H and O–H groups in total. The molecule has 1 saturated heterocycles. The zero-order chi connectivity index (χ0) is 20.9. The molecule has 2 aliphatic heterocycles. The van der Waals surface area contributed by atoms with E-state index >= 15 is 0 Å². The normalized spacial score (nSPS) is 37.2. The van der Waals surface area contributed by atoms with E-state index in [9.17, 15) is 14.4 Å². The summed E-state index contributed by atoms with van der Waals surface area (Å²) in [6, 6.07) is 5.79. The number of carbonyl (C=O) groups is 3. The molecular formula is C22H26N2O5. The summed E-state index contributed by atoms with van der Waals surface area (Å²) in [5.74, 6) is -1.46. The smallest absolute Gasteiger partial charge is 0.302 e. The number of benzene rings is 1. The largest absolute Gasteiger partial charge is 0.462 e. The first-order chi connectivity index (χ1) is 13.6. The molecule has 2 heterocycles. The lowest BCUT2D eigenvalue weighted by molar-refractivity contribution is -0.182. The monoisotopic (exact) mass is 398 g/mol. The minimum absolute atomic E-state index is 0.0105. The van der Waals surface area contributed by atoms with Gasteiger partial charge < -0.3 is 9.64 Å². The fraction of sp³-hybridized carbons (Fsp3) is 0.591. The van der Waals surface area contributed by atoms with Crippen LogP contribution in [0.15, 0.2) is 18.2 Å². The number of Topliss-reactive ketones (excluding diaryl/α,β-unsaturated/α-hetero) is 1. The van der Waals surface area contributed by atoms with Gasteiger partial charge in [-0.15, -0.1) is 0 Å². The van der Waals surface area contributed by atoms with Crippen LogP contribution in [0, 0.1) is 17.3 Å². The molecule has 1 saturated carbocycles. The molecular weight excluding hydrogens is 372 g/mol. The summed E-state index contributed by atoms with van der Waals surface area (Å²) < 4.78 is 5.74. The highest BCUT2D eigenvalue weighted by Crippen LogP contribution is 2.63. The third-order valence-electron chi connectivity index (χ3n) is 7.77. The second-order valence-corrected chi connectivity index (χ2v) is 9.36. The van der Waals surface area contributed by atoms with Crippen molar-refractivity contribution < 1.29 is 24.0 Å². The number of nitrogens with zero attached hydrogens (tertiary/aromatic N) is 2. The van der Waals surface area contributed by atoms with Crippen molar-refractivity contribution in [3.8, 4) is 0 Å². The molecule has 1 aromatic rings. The number of esters is 1. The topological polar surface area (TPSA) is 76.2 Å². The van der Waals surface area contributed by atoms with Gasteiger partial charge in [-0.3, -0.25) is 19.2 Å². The Balaban J connectivity index is 1.86. The Hall–Kier alpha value is -2.25. The van der Waals surface area contributed by atoms with Crippen LogP contribution in [-0.4, -0.2) is 49.5 Å². The second kappa shape index (κ2) is 5.67. The van der Waals surface area contributed by atoms with Gasteiger partial charge in [0.1, 0.15) is 11.6 Å². The van der Waals surface area contributed by atoms with E-state index in [2.05, 4.69) is 0 Å². The lowest BCUT2D eigenvalue weighted by Gasteiger charge is -2.48. The molecule has 7 heteroatoms. The molecule has 5 atom stereocenters. The molecule has 2 bridgehead atoms. The number of fused-ring (bicyclic) bond motifs is 1. The van der Waals surface area contributed by atoms with Crippen LogP contribution in [0.4, 0.5) is 5.69 Å².